The molecule has 0 saturated carbocycles. The summed E-state index contributed by atoms with van der Waals surface area (Å²) in [4.78, 5) is 15.9. The fourth-order valence-electron chi connectivity index (χ4n) is 1.52. The number of amides is 1. The second kappa shape index (κ2) is 5.16. The van der Waals surface area contributed by atoms with Crippen LogP contribution >= 0.6 is 15.9 Å². The van der Waals surface area contributed by atoms with E-state index in [1.54, 1.807) is 6.20 Å². The molecule has 102 valence electrons. The van der Waals surface area contributed by atoms with E-state index in [4.69, 9.17) is 4.74 Å². The van der Waals surface area contributed by atoms with Gasteiger partial charge in [0.25, 0.3) is 0 Å². The highest BCUT2D eigenvalue weighted by Crippen LogP contribution is 2.21. The quantitative estimate of drug-likeness (QED) is 0.830. The molecule has 0 aliphatic rings. The first kappa shape index (κ1) is 13.8. The minimum Gasteiger partial charge on any atom is -0.444 e. The van der Waals surface area contributed by atoms with Crippen molar-refractivity contribution in [2.45, 2.75) is 31.7 Å². The number of aromatic nitrogens is 3. The molecule has 2 rings (SSSR count). The Hall–Kier alpha value is -1.63. The van der Waals surface area contributed by atoms with Crippen LogP contribution in [0.5, 0.6) is 0 Å². The third-order valence-electron chi connectivity index (χ3n) is 2.25. The van der Waals surface area contributed by atoms with E-state index >= 15 is 0 Å². The van der Waals surface area contributed by atoms with Crippen molar-refractivity contribution < 1.29 is 9.53 Å². The van der Waals surface area contributed by atoms with Gasteiger partial charge in [-0.2, -0.15) is 5.10 Å². The normalized spacial score (nSPS) is 11.6. The molecule has 0 aromatic carbocycles. The fourth-order valence-corrected chi connectivity index (χ4v) is 1.82. The molecule has 0 radical (unpaired) electrons. The van der Waals surface area contributed by atoms with E-state index in [2.05, 4.69) is 36.4 Å². The molecule has 7 heteroatoms. The van der Waals surface area contributed by atoms with Gasteiger partial charge in [0.15, 0.2) is 5.65 Å². The maximum atomic E-state index is 11.7. The van der Waals surface area contributed by atoms with Gasteiger partial charge in [-0.3, -0.25) is 10.4 Å². The van der Waals surface area contributed by atoms with Crippen LogP contribution in [0.2, 0.25) is 0 Å². The third kappa shape index (κ3) is 3.44. The number of nitrogens with zero attached hydrogens (tertiary/aromatic N) is 2. The number of H-pyrrole nitrogens is 1. The number of aromatic amines is 1. The Morgan fingerprint density at radius 2 is 2.26 bits per heavy atom. The summed E-state index contributed by atoms with van der Waals surface area (Å²) >= 11 is 3.36. The molecular weight excluding hydrogens is 312 g/mol. The highest BCUT2D eigenvalue weighted by Gasteiger charge is 2.18. The van der Waals surface area contributed by atoms with Crippen molar-refractivity contribution in [2.75, 3.05) is 5.32 Å². The van der Waals surface area contributed by atoms with Gasteiger partial charge in [-0.1, -0.05) is 15.9 Å². The highest BCUT2D eigenvalue weighted by atomic mass is 79.9. The minimum atomic E-state index is -0.542. The molecule has 6 nitrogen and oxygen atoms in total. The largest absolute Gasteiger partial charge is 0.444 e. The number of pyridine rings is 1. The molecule has 2 N–H and O–H groups in total. The van der Waals surface area contributed by atoms with E-state index in [0.717, 1.165) is 10.9 Å². The van der Waals surface area contributed by atoms with E-state index in [9.17, 15) is 4.79 Å². The van der Waals surface area contributed by atoms with Crippen molar-refractivity contribution >= 4 is 38.9 Å². The summed E-state index contributed by atoms with van der Waals surface area (Å²) < 4.78 is 5.19. The van der Waals surface area contributed by atoms with E-state index in [1.165, 1.54) is 0 Å². The van der Waals surface area contributed by atoms with Crippen LogP contribution in [0.1, 0.15) is 26.3 Å². The first-order valence-electron chi connectivity index (χ1n) is 5.78. The Labute approximate surface area is 119 Å². The topological polar surface area (TPSA) is 79.9 Å². The van der Waals surface area contributed by atoms with Crippen molar-refractivity contribution in [2.24, 2.45) is 0 Å². The molecule has 0 saturated heterocycles. The van der Waals surface area contributed by atoms with Crippen molar-refractivity contribution in [1.82, 2.24) is 15.2 Å². The molecule has 0 unspecified atom stereocenters. The molecule has 0 fully saturated rings. The standard InChI is InChI=1S/C12H15BrN4O2/c1-12(2,3)19-11(18)15-10-8-4-7(5-13)6-14-9(8)16-17-10/h4,6H,5H2,1-3H3,(H2,14,15,16,17,18). The van der Waals surface area contributed by atoms with Crippen LogP contribution in [0, 0.1) is 0 Å². The number of hydrogen-bond acceptors (Lipinski definition) is 4. The van der Waals surface area contributed by atoms with Gasteiger partial charge in [0.2, 0.25) is 0 Å². The maximum Gasteiger partial charge on any atom is 0.413 e. The first-order chi connectivity index (χ1) is 8.89. The monoisotopic (exact) mass is 326 g/mol. The Morgan fingerprint density at radius 1 is 1.53 bits per heavy atom. The summed E-state index contributed by atoms with van der Waals surface area (Å²) in [7, 11) is 0. The van der Waals surface area contributed by atoms with Crippen LogP contribution in [-0.2, 0) is 10.1 Å². The molecular formula is C12H15BrN4O2. The summed E-state index contributed by atoms with van der Waals surface area (Å²) in [5.41, 5.74) is 1.01. The highest BCUT2D eigenvalue weighted by molar-refractivity contribution is 9.08. The number of hydrogen-bond donors (Lipinski definition) is 2. The van der Waals surface area contributed by atoms with Gasteiger partial charge < -0.3 is 4.74 Å². The number of carbonyl (C=O) groups is 1. The summed E-state index contributed by atoms with van der Waals surface area (Å²) in [5, 5.41) is 10.8. The number of fused-ring (bicyclic) bond motifs is 1. The predicted molar refractivity (Wildman–Crippen MR) is 76.4 cm³/mol. The smallest absolute Gasteiger partial charge is 0.413 e. The lowest BCUT2D eigenvalue weighted by Crippen LogP contribution is -2.27. The van der Waals surface area contributed by atoms with Crippen molar-refractivity contribution in [3.8, 4) is 0 Å². The molecule has 2 heterocycles. The number of nitrogens with one attached hydrogen (secondary N) is 2. The van der Waals surface area contributed by atoms with Gasteiger partial charge >= 0.3 is 6.09 Å². The first-order valence-corrected chi connectivity index (χ1v) is 6.90. The number of alkyl halides is 1. The van der Waals surface area contributed by atoms with Crippen LogP contribution in [0.15, 0.2) is 12.3 Å². The molecule has 0 aliphatic carbocycles. The van der Waals surface area contributed by atoms with Crippen LogP contribution in [0.4, 0.5) is 10.6 Å². The molecule has 2 aromatic heterocycles. The molecule has 0 spiro atoms. The van der Waals surface area contributed by atoms with Gasteiger partial charge in [0.05, 0.1) is 5.39 Å². The predicted octanol–water partition coefficient (Wildman–Crippen LogP) is 3.20. The van der Waals surface area contributed by atoms with Crippen molar-refractivity contribution in [3.05, 3.63) is 17.8 Å². The average molecular weight is 327 g/mol. The summed E-state index contributed by atoms with van der Waals surface area (Å²) in [5.74, 6) is 0.486. The molecule has 0 bridgehead atoms. The van der Waals surface area contributed by atoms with Gasteiger partial charge in [-0.05, 0) is 32.4 Å². The van der Waals surface area contributed by atoms with E-state index in [-0.39, 0.29) is 0 Å². The maximum absolute atomic E-state index is 11.7. The zero-order valence-corrected chi connectivity index (χ0v) is 12.5. The van der Waals surface area contributed by atoms with E-state index in [0.29, 0.717) is 16.8 Å². The zero-order valence-electron chi connectivity index (χ0n) is 11.0. The van der Waals surface area contributed by atoms with Gasteiger partial charge in [-0.15, -0.1) is 0 Å². The lowest BCUT2D eigenvalue weighted by molar-refractivity contribution is 0.0635. The Kier molecular flexibility index (Phi) is 3.75. The van der Waals surface area contributed by atoms with Gasteiger partial charge in [-0.25, -0.2) is 9.78 Å². The van der Waals surface area contributed by atoms with Crippen LogP contribution in [0.25, 0.3) is 11.0 Å². The Bertz CT molecular complexity index is 603. The number of carbonyl (C=O) groups excluding carboxylic acids is 1. The van der Waals surface area contributed by atoms with Crippen LogP contribution < -0.4 is 5.32 Å². The average Bonchev–Trinajstić information content (AvgIpc) is 2.69. The number of halogens is 1. The Balaban J connectivity index is 2.23. The van der Waals surface area contributed by atoms with Crippen molar-refractivity contribution in [3.63, 3.8) is 0 Å². The lowest BCUT2D eigenvalue weighted by Gasteiger charge is -2.19. The number of anilines is 1. The third-order valence-corrected chi connectivity index (χ3v) is 2.89. The molecule has 19 heavy (non-hydrogen) atoms. The van der Waals surface area contributed by atoms with Crippen molar-refractivity contribution in [1.29, 1.82) is 0 Å². The fraction of sp³-hybridized carbons (Fsp3) is 0.417. The zero-order chi connectivity index (χ0) is 14.0. The van der Waals surface area contributed by atoms with E-state index < -0.39 is 11.7 Å². The number of rotatable bonds is 2. The van der Waals surface area contributed by atoms with Gasteiger partial charge in [0.1, 0.15) is 11.4 Å². The molecule has 0 aliphatic heterocycles. The second-order valence-corrected chi connectivity index (χ2v) is 5.63. The molecule has 0 atom stereocenters. The summed E-state index contributed by atoms with van der Waals surface area (Å²) in [6.07, 6.45) is 1.21. The summed E-state index contributed by atoms with van der Waals surface area (Å²) in [6, 6.07) is 1.91. The SMILES string of the molecule is CC(C)(C)OC(=O)Nc1[nH]nc2ncc(CBr)cc12. The molecule has 2 aromatic rings. The lowest BCUT2D eigenvalue weighted by atomic mass is 10.2. The second-order valence-electron chi connectivity index (χ2n) is 5.07. The van der Waals surface area contributed by atoms with Gasteiger partial charge in [0, 0.05) is 11.5 Å². The summed E-state index contributed by atoms with van der Waals surface area (Å²) in [6.45, 7) is 5.42. The minimum absolute atomic E-state index is 0.486. The van der Waals surface area contributed by atoms with Crippen LogP contribution in [0.3, 0.4) is 0 Å². The number of ether oxygens (including phenoxy) is 1. The Morgan fingerprint density at radius 3 is 2.89 bits per heavy atom. The molecule has 1 amide bonds. The van der Waals surface area contributed by atoms with E-state index in [1.807, 2.05) is 26.8 Å². The van der Waals surface area contributed by atoms with Crippen LogP contribution in [-0.4, -0.2) is 26.9 Å².